The first-order chi connectivity index (χ1) is 12.1. The lowest BCUT2D eigenvalue weighted by Gasteiger charge is -2.33. The molecule has 1 amide bonds. The lowest BCUT2D eigenvalue weighted by Crippen LogP contribution is -2.45. The van der Waals surface area contributed by atoms with E-state index in [1.165, 1.54) is 11.3 Å². The molecule has 0 radical (unpaired) electrons. The van der Waals surface area contributed by atoms with E-state index in [1.807, 2.05) is 5.38 Å². The molecule has 7 heteroatoms. The van der Waals surface area contributed by atoms with Crippen LogP contribution in [0, 0.1) is 0 Å². The highest BCUT2D eigenvalue weighted by Gasteiger charge is 2.21. The first kappa shape index (κ1) is 18.7. The molecule has 3 rings (SSSR count). The highest BCUT2D eigenvalue weighted by atomic mass is 35.5. The summed E-state index contributed by atoms with van der Waals surface area (Å²) in [5.74, 6) is -0.181. The van der Waals surface area contributed by atoms with Crippen LogP contribution in [0.4, 0.5) is 5.69 Å². The number of nitrogens with zero attached hydrogens (tertiary/aromatic N) is 2. The second-order valence-corrected chi connectivity index (χ2v) is 7.77. The molecule has 1 saturated heterocycles. The molecule has 1 aliphatic heterocycles. The monoisotopic (exact) mass is 397 g/mol. The van der Waals surface area contributed by atoms with E-state index in [1.54, 1.807) is 24.3 Å². The molecular weight excluding hydrogens is 377 g/mol. The van der Waals surface area contributed by atoms with Gasteiger partial charge in [-0.05, 0) is 41.8 Å². The maximum Gasteiger partial charge on any atom is 0.267 e. The van der Waals surface area contributed by atoms with E-state index in [9.17, 15) is 4.79 Å². The minimum absolute atomic E-state index is 0.181. The predicted molar refractivity (Wildman–Crippen MR) is 106 cm³/mol. The van der Waals surface area contributed by atoms with Gasteiger partial charge in [-0.15, -0.1) is 11.3 Å². The summed E-state index contributed by atoms with van der Waals surface area (Å²) in [6.45, 7) is 8.32. The highest BCUT2D eigenvalue weighted by Crippen LogP contribution is 2.30. The van der Waals surface area contributed by atoms with Crippen molar-refractivity contribution in [3.05, 3.63) is 50.1 Å². The Morgan fingerprint density at radius 1 is 1.12 bits per heavy atom. The standard InChI is InChI=1S/C18H21Cl2N3OS/c1-2-22-7-9-23(10-8-22)11-13-12-25-17(16(13)20)18(24)21-15-5-3-14(19)4-6-15/h3-6,12H,2,7-11H2,1H3,(H,21,24). The summed E-state index contributed by atoms with van der Waals surface area (Å²) in [5, 5.41) is 6.06. The van der Waals surface area contributed by atoms with Crippen LogP contribution in [0.1, 0.15) is 22.2 Å². The van der Waals surface area contributed by atoms with Gasteiger partial charge in [-0.25, -0.2) is 0 Å². The number of carbonyl (C=O) groups is 1. The third-order valence-corrected chi connectivity index (χ3v) is 6.24. The number of likely N-dealkylation sites (N-methyl/N-ethyl adjacent to an activating group) is 1. The summed E-state index contributed by atoms with van der Waals surface area (Å²) >= 11 is 13.7. The number of hydrogen-bond acceptors (Lipinski definition) is 4. The number of rotatable bonds is 5. The van der Waals surface area contributed by atoms with Crippen molar-refractivity contribution in [3.63, 3.8) is 0 Å². The van der Waals surface area contributed by atoms with Crippen molar-refractivity contribution in [1.29, 1.82) is 0 Å². The normalized spacial score (nSPS) is 16.1. The molecule has 1 aliphatic rings. The molecular formula is C18H21Cl2N3OS. The Morgan fingerprint density at radius 3 is 2.40 bits per heavy atom. The Hall–Kier alpha value is -1.11. The van der Waals surface area contributed by atoms with Crippen molar-refractivity contribution in [2.24, 2.45) is 0 Å². The second-order valence-electron chi connectivity index (χ2n) is 6.08. The maximum atomic E-state index is 12.5. The average molecular weight is 398 g/mol. The van der Waals surface area contributed by atoms with E-state index < -0.39 is 0 Å². The maximum absolute atomic E-state index is 12.5. The molecule has 1 N–H and O–H groups in total. The smallest absolute Gasteiger partial charge is 0.267 e. The van der Waals surface area contributed by atoms with Gasteiger partial charge in [0, 0.05) is 43.4 Å². The number of halogens is 2. The average Bonchev–Trinajstić information content (AvgIpc) is 2.98. The zero-order valence-electron chi connectivity index (χ0n) is 14.1. The van der Waals surface area contributed by atoms with Crippen molar-refractivity contribution in [2.45, 2.75) is 13.5 Å². The third kappa shape index (κ3) is 4.74. The number of piperazine rings is 1. The molecule has 2 heterocycles. The molecule has 4 nitrogen and oxygen atoms in total. The van der Waals surface area contributed by atoms with Crippen LogP contribution in [0.25, 0.3) is 0 Å². The molecule has 134 valence electrons. The van der Waals surface area contributed by atoms with Crippen LogP contribution in [0.15, 0.2) is 29.6 Å². The van der Waals surface area contributed by atoms with Crippen LogP contribution in [0.5, 0.6) is 0 Å². The lowest BCUT2D eigenvalue weighted by atomic mass is 10.2. The van der Waals surface area contributed by atoms with E-state index >= 15 is 0 Å². The van der Waals surface area contributed by atoms with Gasteiger partial charge < -0.3 is 10.2 Å². The van der Waals surface area contributed by atoms with Gasteiger partial charge in [-0.2, -0.15) is 0 Å². The number of amides is 1. The summed E-state index contributed by atoms with van der Waals surface area (Å²) < 4.78 is 0. The summed E-state index contributed by atoms with van der Waals surface area (Å²) in [5.41, 5.74) is 1.73. The van der Waals surface area contributed by atoms with Crippen LogP contribution in [-0.2, 0) is 6.54 Å². The number of anilines is 1. The first-order valence-corrected chi connectivity index (χ1v) is 9.98. The Morgan fingerprint density at radius 2 is 1.76 bits per heavy atom. The summed E-state index contributed by atoms with van der Waals surface area (Å²) in [4.78, 5) is 17.9. The van der Waals surface area contributed by atoms with Gasteiger partial charge in [0.05, 0.1) is 5.02 Å². The van der Waals surface area contributed by atoms with Gasteiger partial charge in [0.1, 0.15) is 4.88 Å². The van der Waals surface area contributed by atoms with E-state index in [0.717, 1.165) is 44.8 Å². The molecule has 0 spiro atoms. The number of carbonyl (C=O) groups excluding carboxylic acids is 1. The molecule has 0 bridgehead atoms. The number of hydrogen-bond donors (Lipinski definition) is 1. The fourth-order valence-electron chi connectivity index (χ4n) is 2.86. The predicted octanol–water partition coefficient (Wildman–Crippen LogP) is 4.44. The van der Waals surface area contributed by atoms with E-state index in [2.05, 4.69) is 22.0 Å². The summed E-state index contributed by atoms with van der Waals surface area (Å²) in [6, 6.07) is 7.04. The Bertz CT molecular complexity index is 724. The fraction of sp³-hybridized carbons (Fsp3) is 0.389. The minimum Gasteiger partial charge on any atom is -0.321 e. The van der Waals surface area contributed by atoms with Crippen LogP contribution < -0.4 is 5.32 Å². The van der Waals surface area contributed by atoms with E-state index in [-0.39, 0.29) is 5.91 Å². The minimum atomic E-state index is -0.181. The number of thiophene rings is 1. The third-order valence-electron chi connectivity index (χ3n) is 4.41. The second kappa shape index (κ2) is 8.52. The van der Waals surface area contributed by atoms with Crippen LogP contribution in [0.2, 0.25) is 10.0 Å². The molecule has 0 unspecified atom stereocenters. The molecule has 1 aromatic heterocycles. The van der Waals surface area contributed by atoms with Gasteiger partial charge in [-0.1, -0.05) is 30.1 Å². The van der Waals surface area contributed by atoms with Crippen LogP contribution in [-0.4, -0.2) is 48.4 Å². The Balaban J connectivity index is 1.62. The van der Waals surface area contributed by atoms with Gasteiger partial charge >= 0.3 is 0 Å². The first-order valence-electron chi connectivity index (χ1n) is 8.34. The van der Waals surface area contributed by atoms with Crippen molar-refractivity contribution in [3.8, 4) is 0 Å². The topological polar surface area (TPSA) is 35.6 Å². The molecule has 25 heavy (non-hydrogen) atoms. The summed E-state index contributed by atoms with van der Waals surface area (Å²) in [6.07, 6.45) is 0. The molecule has 1 fully saturated rings. The van der Waals surface area contributed by atoms with Crippen molar-refractivity contribution in [1.82, 2.24) is 9.80 Å². The Kier molecular flexibility index (Phi) is 6.36. The van der Waals surface area contributed by atoms with Crippen molar-refractivity contribution >= 4 is 46.1 Å². The van der Waals surface area contributed by atoms with Crippen molar-refractivity contribution in [2.75, 3.05) is 38.0 Å². The van der Waals surface area contributed by atoms with Gasteiger partial charge in [0.15, 0.2) is 0 Å². The van der Waals surface area contributed by atoms with Crippen molar-refractivity contribution < 1.29 is 4.79 Å². The SMILES string of the molecule is CCN1CCN(Cc2csc(C(=O)Nc3ccc(Cl)cc3)c2Cl)CC1. The fourth-order valence-corrected chi connectivity index (χ4v) is 4.23. The zero-order chi connectivity index (χ0) is 17.8. The van der Waals surface area contributed by atoms with Crippen LogP contribution >= 0.6 is 34.5 Å². The highest BCUT2D eigenvalue weighted by molar-refractivity contribution is 7.13. The molecule has 0 aliphatic carbocycles. The summed E-state index contributed by atoms with van der Waals surface area (Å²) in [7, 11) is 0. The quantitative estimate of drug-likeness (QED) is 0.809. The number of nitrogens with one attached hydrogen (secondary N) is 1. The largest absolute Gasteiger partial charge is 0.321 e. The molecule has 2 aromatic rings. The molecule has 0 atom stereocenters. The van der Waals surface area contributed by atoms with Gasteiger partial charge in [0.2, 0.25) is 0 Å². The van der Waals surface area contributed by atoms with E-state index in [4.69, 9.17) is 23.2 Å². The number of benzene rings is 1. The lowest BCUT2D eigenvalue weighted by molar-refractivity contribution is 0.103. The van der Waals surface area contributed by atoms with E-state index in [0.29, 0.717) is 20.6 Å². The van der Waals surface area contributed by atoms with Gasteiger partial charge in [0.25, 0.3) is 5.91 Å². The Labute approximate surface area is 162 Å². The molecule has 0 saturated carbocycles. The van der Waals surface area contributed by atoms with Gasteiger partial charge in [-0.3, -0.25) is 9.69 Å². The van der Waals surface area contributed by atoms with Crippen LogP contribution in [0.3, 0.4) is 0 Å². The zero-order valence-corrected chi connectivity index (χ0v) is 16.4. The molecule has 1 aromatic carbocycles.